The number of aliphatic hydroxyl groups is 2. The van der Waals surface area contributed by atoms with Gasteiger partial charge in [0.2, 0.25) is 35.7 Å². The molecule has 0 unspecified atom stereocenters. The normalized spacial score (nSPS) is 11.8. The number of benzene rings is 8. The molecule has 0 aliphatic carbocycles. The van der Waals surface area contributed by atoms with Gasteiger partial charge < -0.3 is 57.6 Å². The first-order valence-electron chi connectivity index (χ1n) is 29.0. The number of amides is 1. The van der Waals surface area contributed by atoms with E-state index in [1.54, 1.807) is 62.4 Å². The number of aliphatic hydroxyl groups excluding tert-OH is 2. The van der Waals surface area contributed by atoms with Crippen LogP contribution in [0, 0.1) is 13.8 Å². The van der Waals surface area contributed by atoms with Gasteiger partial charge in [-0.15, -0.1) is 10.2 Å². The molecule has 0 aliphatic rings. The van der Waals surface area contributed by atoms with Crippen molar-refractivity contribution in [1.29, 1.82) is 0 Å². The Labute approximate surface area is 559 Å². The summed E-state index contributed by atoms with van der Waals surface area (Å²) >= 11 is 0. The van der Waals surface area contributed by atoms with Gasteiger partial charge in [0.1, 0.15) is 37.8 Å². The van der Waals surface area contributed by atoms with Crippen LogP contribution in [-0.2, 0) is 66.2 Å². The summed E-state index contributed by atoms with van der Waals surface area (Å²) in [4.78, 5) is 55.9. The predicted octanol–water partition coefficient (Wildman–Crippen LogP) is 10.7. The van der Waals surface area contributed by atoms with Crippen LogP contribution in [0.5, 0.6) is 11.5 Å². The van der Waals surface area contributed by atoms with Crippen LogP contribution in [0.1, 0.15) is 43.7 Å². The molecule has 0 saturated carbocycles. The maximum Gasteiger partial charge on any atom is 0.294 e. The number of aromatic nitrogens is 6. The van der Waals surface area contributed by atoms with Gasteiger partial charge in [-0.3, -0.25) is 34.9 Å². The molecule has 10 aromatic rings. The van der Waals surface area contributed by atoms with Gasteiger partial charge in [-0.05, 0) is 167 Å². The van der Waals surface area contributed by atoms with Crippen molar-refractivity contribution in [2.75, 3.05) is 63.5 Å². The Morgan fingerprint density at radius 2 is 0.788 bits per heavy atom. The van der Waals surface area contributed by atoms with Crippen molar-refractivity contribution >= 4 is 135 Å². The van der Waals surface area contributed by atoms with Crippen molar-refractivity contribution in [2.24, 2.45) is 20.5 Å². The Morgan fingerprint density at radius 3 is 1.14 bits per heavy atom. The number of aromatic hydroxyl groups is 2. The van der Waals surface area contributed by atoms with Crippen LogP contribution in [0.15, 0.2) is 152 Å². The molecule has 0 aliphatic heterocycles. The van der Waals surface area contributed by atoms with Crippen LogP contribution < -0.4 is 37.2 Å². The Balaban J connectivity index is 0.860. The molecule has 0 spiro atoms. The monoisotopic (exact) mass is 1400 g/mol. The number of rotatable bonds is 30. The van der Waals surface area contributed by atoms with Crippen molar-refractivity contribution in [3.05, 3.63) is 160 Å². The molecule has 0 radical (unpaired) electrons. The highest BCUT2D eigenvalue weighted by molar-refractivity contribution is 7.86. The van der Waals surface area contributed by atoms with E-state index in [4.69, 9.17) is 21.0 Å². The van der Waals surface area contributed by atoms with E-state index in [0.29, 0.717) is 50.4 Å². The zero-order chi connectivity index (χ0) is 70.5. The molecule has 38 heteroatoms. The molecular weight excluding hydrogens is 1340 g/mol. The minimum Gasteiger partial charge on any atom is -0.505 e. The third-order valence-electron chi connectivity index (χ3n) is 14.2. The van der Waals surface area contributed by atoms with Crippen molar-refractivity contribution in [3.63, 3.8) is 0 Å². The summed E-state index contributed by atoms with van der Waals surface area (Å²) in [6.07, 6.45) is 0. The number of carbonyl (C=O) groups excluding carboxylic acids is 1. The lowest BCUT2D eigenvalue weighted by molar-refractivity contribution is -0.254. The highest BCUT2D eigenvalue weighted by Crippen LogP contribution is 2.46. The van der Waals surface area contributed by atoms with E-state index in [-0.39, 0.29) is 150 Å². The van der Waals surface area contributed by atoms with Gasteiger partial charge in [-0.25, -0.2) is 19.6 Å². The summed E-state index contributed by atoms with van der Waals surface area (Å²) in [5.41, 5.74) is 3.81. The van der Waals surface area contributed by atoms with Crippen LogP contribution in [0.2, 0.25) is 0 Å². The fourth-order valence-corrected chi connectivity index (χ4v) is 11.0. The molecule has 0 bridgehead atoms. The Bertz CT molecular complexity index is 4920. The fraction of sp³-hybridized carbons (Fsp3) is 0.164. The number of phenols is 2. The zero-order valence-electron chi connectivity index (χ0n) is 51.6. The first-order valence-corrected chi connectivity index (χ1v) is 31.9. The largest absolute Gasteiger partial charge is 0.505 e. The van der Waals surface area contributed by atoms with Crippen molar-refractivity contribution in [1.82, 2.24) is 29.9 Å². The minimum absolute atomic E-state index is 0.00187. The summed E-state index contributed by atoms with van der Waals surface area (Å²) in [6.45, 7) is 1.50. The molecule has 8 aromatic carbocycles. The highest BCUT2D eigenvalue weighted by Gasteiger charge is 2.24. The smallest absolute Gasteiger partial charge is 0.294 e. The number of hydrogen-bond donors (Lipinski definition) is 17. The molecule has 0 fully saturated rings. The number of hydrogen-bond acceptors (Lipinski definition) is 33. The van der Waals surface area contributed by atoms with E-state index in [2.05, 4.69) is 107 Å². The fourth-order valence-electron chi connectivity index (χ4n) is 9.95. The summed E-state index contributed by atoms with van der Waals surface area (Å²) in [6, 6.07) is 29.0. The van der Waals surface area contributed by atoms with E-state index >= 15 is 0 Å². The molecule has 1 amide bonds. The van der Waals surface area contributed by atoms with Gasteiger partial charge in [0, 0.05) is 46.5 Å². The van der Waals surface area contributed by atoms with Crippen LogP contribution in [-0.4, -0.2) is 130 Å². The van der Waals surface area contributed by atoms with Crippen LogP contribution in [0.3, 0.4) is 0 Å². The summed E-state index contributed by atoms with van der Waals surface area (Å²) in [5, 5.41) is 117. The van der Waals surface area contributed by atoms with E-state index in [0.717, 1.165) is 24.3 Å². The molecule has 2 aromatic heterocycles. The Hall–Kier alpha value is -11.2. The van der Waals surface area contributed by atoms with Crippen LogP contribution in [0.4, 0.5) is 86.9 Å². The standard InChI is InChI=1S/C61H59N17O19S2/c1-31-15-38-23-45(98(88,89)90)25-47(49(38)53(81)51(31)77-75-43-19-33(27-94-84)17-34(20-43)28-95-85)67-60-71-56(62-11-13-79)69-58(73-60)65-41-5-3-37(4-6-41)55(83)64-40-7-9-42(10-8-40)66-59-70-57(63-12-14-80)72-61(74-59)68-48-26-46(99(91,92)93)24-39-16-32(2)52(54(82)50(39)48)78-76-44-21-35(29-96-86)18-36(22-44)30-97-87/h3-10,15-26,79-82,84-87H,11-14,27-30H2,1-2H3,(H,64,83)(H,88,89,90)(H,91,92,93)(H3,62,65,67,69,71,73)(H3,63,66,68,70,72,74). The molecule has 99 heavy (non-hydrogen) atoms. The lowest BCUT2D eigenvalue weighted by Crippen LogP contribution is -2.13. The molecule has 0 atom stereocenters. The average molecular weight is 1400 g/mol. The number of anilines is 11. The first-order chi connectivity index (χ1) is 47.5. The van der Waals surface area contributed by atoms with E-state index < -0.39 is 47.4 Å². The number of phenolic OH excluding ortho intramolecular Hbond substituents is 2. The maximum absolute atomic E-state index is 13.6. The first kappa shape index (κ1) is 70.6. The molecule has 36 nitrogen and oxygen atoms in total. The topological polar surface area (TPSA) is 536 Å². The van der Waals surface area contributed by atoms with E-state index in [1.165, 1.54) is 48.5 Å². The number of nitrogens with zero attached hydrogens (tertiary/aromatic N) is 10. The number of fused-ring (bicyclic) bond motifs is 2. The van der Waals surface area contributed by atoms with Crippen molar-refractivity contribution in [3.8, 4) is 11.5 Å². The SMILES string of the molecule is Cc1cc2cc(S(=O)(=O)O)cc(Nc3nc(NCCO)nc(Nc4ccc(NC(=O)c5ccc(Nc6nc(NCCO)nc(Nc7cc(S(=O)(=O)O)cc8cc(C)c(N=Nc9cc(COO)cc(COO)c9)c(O)c78)n6)cc5)cc4)n3)c2c(O)c1N=Nc1cc(COO)cc(COO)c1. The Kier molecular flexibility index (Phi) is 22.3. The summed E-state index contributed by atoms with van der Waals surface area (Å²) in [5.74, 6) is -2.26. The third kappa shape index (κ3) is 17.9. The maximum atomic E-state index is 13.6. The lowest BCUT2D eigenvalue weighted by atomic mass is 10.0. The lowest BCUT2D eigenvalue weighted by Gasteiger charge is -2.16. The average Bonchev–Trinajstić information content (AvgIpc) is 0.764. The van der Waals surface area contributed by atoms with Crippen LogP contribution in [0.25, 0.3) is 21.5 Å². The number of nitrogens with one attached hydrogen (secondary N) is 7. The molecule has 10 rings (SSSR count). The number of aryl methyl sites for hydroxylation is 2. The number of carbonyl (C=O) groups is 1. The molecule has 0 saturated heterocycles. The summed E-state index contributed by atoms with van der Waals surface area (Å²) < 4.78 is 70.9. The van der Waals surface area contributed by atoms with Gasteiger partial charge in [0.15, 0.2) is 11.5 Å². The van der Waals surface area contributed by atoms with Crippen LogP contribution >= 0.6 is 0 Å². The van der Waals surface area contributed by atoms with Gasteiger partial charge in [0.25, 0.3) is 26.1 Å². The molecular formula is C61H59N17O19S2. The minimum atomic E-state index is -4.86. The molecule has 17 N–H and O–H groups in total. The van der Waals surface area contributed by atoms with Gasteiger partial charge in [-0.1, -0.05) is 12.1 Å². The van der Waals surface area contributed by atoms with Crippen molar-refractivity contribution in [2.45, 2.75) is 50.1 Å². The second kappa shape index (κ2) is 31.3. The zero-order valence-corrected chi connectivity index (χ0v) is 53.3. The summed E-state index contributed by atoms with van der Waals surface area (Å²) in [7, 11) is -9.71. The highest BCUT2D eigenvalue weighted by atomic mass is 32.2. The van der Waals surface area contributed by atoms with E-state index in [1.807, 2.05) is 0 Å². The third-order valence-corrected chi connectivity index (χ3v) is 15.8. The van der Waals surface area contributed by atoms with Crippen molar-refractivity contribution < 1.29 is 91.7 Å². The quantitative estimate of drug-likeness (QED) is 0.00860. The van der Waals surface area contributed by atoms with Gasteiger partial charge >= 0.3 is 0 Å². The Morgan fingerprint density at radius 1 is 0.444 bits per heavy atom. The molecule has 2 heterocycles. The van der Waals surface area contributed by atoms with Gasteiger partial charge in [0.05, 0.1) is 45.8 Å². The second-order valence-electron chi connectivity index (χ2n) is 21.4. The second-order valence-corrected chi connectivity index (χ2v) is 24.2. The number of azo groups is 2. The van der Waals surface area contributed by atoms with E-state index in [9.17, 15) is 51.2 Å². The molecule has 514 valence electrons. The van der Waals surface area contributed by atoms with Gasteiger partial charge in [-0.2, -0.15) is 57.0 Å². The predicted molar refractivity (Wildman–Crippen MR) is 356 cm³/mol.